The number of nitrogens with zero attached hydrogens (tertiary/aromatic N) is 1. The summed E-state index contributed by atoms with van der Waals surface area (Å²) in [4.78, 5) is 7.95. The summed E-state index contributed by atoms with van der Waals surface area (Å²) in [5.41, 5.74) is 6.74. The monoisotopic (exact) mass is 207 g/mol. The Balaban J connectivity index is 1.93. The molecule has 1 fully saturated rings. The molecule has 0 bridgehead atoms. The maximum absolute atomic E-state index is 5.49. The number of aryl methyl sites for hydroxylation is 1. The van der Waals surface area contributed by atoms with Gasteiger partial charge in [-0.25, -0.2) is 4.98 Å². The smallest absolute Gasteiger partial charge is 0.109 e. The molecule has 3 heteroatoms. The van der Waals surface area contributed by atoms with Crippen LogP contribution in [0.2, 0.25) is 0 Å². The summed E-state index contributed by atoms with van der Waals surface area (Å²) in [6.07, 6.45) is 10.8. The van der Waals surface area contributed by atoms with Gasteiger partial charge in [-0.3, -0.25) is 0 Å². The second kappa shape index (κ2) is 5.31. The first-order valence-electron chi connectivity index (χ1n) is 6.14. The zero-order valence-electron chi connectivity index (χ0n) is 9.34. The molecule has 84 valence electrons. The Kier molecular flexibility index (Phi) is 3.78. The molecule has 3 N–H and O–H groups in total. The Morgan fingerprint density at radius 3 is 2.87 bits per heavy atom. The van der Waals surface area contributed by atoms with Crippen LogP contribution in [0.15, 0.2) is 6.20 Å². The minimum absolute atomic E-state index is 0.686. The summed E-state index contributed by atoms with van der Waals surface area (Å²) in [5.74, 6) is 1.90. The third-order valence-electron chi connectivity index (χ3n) is 3.29. The first kappa shape index (κ1) is 10.7. The number of imidazole rings is 1. The summed E-state index contributed by atoms with van der Waals surface area (Å²) in [6.45, 7) is 0.762. The molecule has 1 aromatic heterocycles. The van der Waals surface area contributed by atoms with E-state index in [0.717, 1.165) is 19.4 Å². The minimum Gasteiger partial charge on any atom is -0.346 e. The highest BCUT2D eigenvalue weighted by molar-refractivity contribution is 5.06. The van der Waals surface area contributed by atoms with E-state index in [4.69, 9.17) is 5.73 Å². The van der Waals surface area contributed by atoms with Crippen LogP contribution in [0.1, 0.15) is 56.0 Å². The van der Waals surface area contributed by atoms with Crippen LogP contribution in [-0.2, 0) is 6.42 Å². The molecule has 0 aromatic carbocycles. The van der Waals surface area contributed by atoms with Gasteiger partial charge in [-0.1, -0.05) is 19.3 Å². The van der Waals surface area contributed by atoms with Gasteiger partial charge in [0.1, 0.15) is 5.82 Å². The lowest BCUT2D eigenvalue weighted by atomic mass is 9.89. The lowest BCUT2D eigenvalue weighted by Crippen LogP contribution is -2.06. The van der Waals surface area contributed by atoms with E-state index in [9.17, 15) is 0 Å². The lowest BCUT2D eigenvalue weighted by molar-refractivity contribution is 0.430. The zero-order chi connectivity index (χ0) is 10.5. The summed E-state index contributed by atoms with van der Waals surface area (Å²) in [5, 5.41) is 0. The number of H-pyrrole nitrogens is 1. The van der Waals surface area contributed by atoms with Crippen molar-refractivity contribution in [3.63, 3.8) is 0 Å². The molecule has 0 unspecified atom stereocenters. The first-order valence-corrected chi connectivity index (χ1v) is 6.14. The Labute approximate surface area is 91.5 Å². The number of aromatic nitrogens is 2. The maximum atomic E-state index is 5.49. The maximum Gasteiger partial charge on any atom is 0.109 e. The van der Waals surface area contributed by atoms with Crippen LogP contribution < -0.4 is 5.73 Å². The van der Waals surface area contributed by atoms with Crippen LogP contribution in [0.4, 0.5) is 0 Å². The third-order valence-corrected chi connectivity index (χ3v) is 3.29. The number of aromatic amines is 1. The van der Waals surface area contributed by atoms with Crippen LogP contribution in [0.25, 0.3) is 0 Å². The standard InChI is InChI=1S/C12H21N3/c13-8-4-7-11-9-14-12(15-11)10-5-2-1-3-6-10/h9-10H,1-8,13H2,(H,14,15). The van der Waals surface area contributed by atoms with Crippen molar-refractivity contribution >= 4 is 0 Å². The number of nitrogens with two attached hydrogens (primary N) is 1. The molecule has 3 nitrogen and oxygen atoms in total. The predicted molar refractivity (Wildman–Crippen MR) is 61.8 cm³/mol. The van der Waals surface area contributed by atoms with Crippen LogP contribution in [-0.4, -0.2) is 16.5 Å². The molecule has 0 saturated heterocycles. The van der Waals surface area contributed by atoms with Crippen molar-refractivity contribution in [3.8, 4) is 0 Å². The molecular formula is C12H21N3. The molecule has 1 aromatic rings. The molecule has 0 spiro atoms. The van der Waals surface area contributed by atoms with Crippen LogP contribution >= 0.6 is 0 Å². The van der Waals surface area contributed by atoms with Crippen molar-refractivity contribution < 1.29 is 0 Å². The zero-order valence-corrected chi connectivity index (χ0v) is 9.34. The second-order valence-electron chi connectivity index (χ2n) is 4.52. The van der Waals surface area contributed by atoms with E-state index in [1.807, 2.05) is 6.20 Å². The Morgan fingerprint density at radius 1 is 1.33 bits per heavy atom. The molecule has 1 aliphatic carbocycles. The summed E-state index contributed by atoms with van der Waals surface area (Å²) in [6, 6.07) is 0. The van der Waals surface area contributed by atoms with E-state index in [0.29, 0.717) is 5.92 Å². The molecule has 1 heterocycles. The van der Waals surface area contributed by atoms with E-state index in [1.165, 1.54) is 43.6 Å². The van der Waals surface area contributed by atoms with Crippen LogP contribution in [0.5, 0.6) is 0 Å². The molecule has 0 atom stereocenters. The van der Waals surface area contributed by atoms with Gasteiger partial charge in [0.05, 0.1) is 0 Å². The molecule has 15 heavy (non-hydrogen) atoms. The fourth-order valence-corrected chi connectivity index (χ4v) is 2.38. The van der Waals surface area contributed by atoms with E-state index in [-0.39, 0.29) is 0 Å². The van der Waals surface area contributed by atoms with E-state index in [1.54, 1.807) is 0 Å². The van der Waals surface area contributed by atoms with Gasteiger partial charge in [-0.15, -0.1) is 0 Å². The van der Waals surface area contributed by atoms with Gasteiger partial charge < -0.3 is 10.7 Å². The van der Waals surface area contributed by atoms with Crippen molar-refractivity contribution in [1.29, 1.82) is 0 Å². The second-order valence-corrected chi connectivity index (χ2v) is 4.52. The molecule has 1 saturated carbocycles. The number of hydrogen-bond donors (Lipinski definition) is 2. The van der Waals surface area contributed by atoms with Gasteiger partial charge in [-0.2, -0.15) is 0 Å². The normalized spacial score (nSPS) is 18.2. The Morgan fingerprint density at radius 2 is 2.13 bits per heavy atom. The molecule has 0 amide bonds. The lowest BCUT2D eigenvalue weighted by Gasteiger charge is -2.19. The molecule has 2 rings (SSSR count). The van der Waals surface area contributed by atoms with Crippen LogP contribution in [0, 0.1) is 0 Å². The Bertz CT molecular complexity index is 287. The van der Waals surface area contributed by atoms with Gasteiger partial charge in [0, 0.05) is 17.8 Å². The number of hydrogen-bond acceptors (Lipinski definition) is 2. The largest absolute Gasteiger partial charge is 0.346 e. The highest BCUT2D eigenvalue weighted by Crippen LogP contribution is 2.30. The van der Waals surface area contributed by atoms with E-state index < -0.39 is 0 Å². The van der Waals surface area contributed by atoms with Gasteiger partial charge in [0.15, 0.2) is 0 Å². The average Bonchev–Trinajstić information content (AvgIpc) is 2.76. The summed E-state index contributed by atoms with van der Waals surface area (Å²) in [7, 11) is 0. The first-order chi connectivity index (χ1) is 7.40. The predicted octanol–water partition coefficient (Wildman–Crippen LogP) is 2.35. The number of nitrogens with one attached hydrogen (secondary N) is 1. The minimum atomic E-state index is 0.686. The van der Waals surface area contributed by atoms with Crippen LogP contribution in [0.3, 0.4) is 0 Å². The molecule has 0 radical (unpaired) electrons. The Hall–Kier alpha value is -0.830. The van der Waals surface area contributed by atoms with Gasteiger partial charge in [-0.05, 0) is 32.2 Å². The summed E-state index contributed by atoms with van der Waals surface area (Å²) >= 11 is 0. The highest BCUT2D eigenvalue weighted by atomic mass is 14.9. The van der Waals surface area contributed by atoms with Gasteiger partial charge >= 0.3 is 0 Å². The van der Waals surface area contributed by atoms with Crippen molar-refractivity contribution in [2.24, 2.45) is 5.73 Å². The molecule has 0 aliphatic heterocycles. The van der Waals surface area contributed by atoms with Crippen molar-refractivity contribution in [1.82, 2.24) is 9.97 Å². The summed E-state index contributed by atoms with van der Waals surface area (Å²) < 4.78 is 0. The third kappa shape index (κ3) is 2.81. The van der Waals surface area contributed by atoms with Gasteiger partial charge in [0.2, 0.25) is 0 Å². The van der Waals surface area contributed by atoms with E-state index in [2.05, 4.69) is 9.97 Å². The van der Waals surface area contributed by atoms with Gasteiger partial charge in [0.25, 0.3) is 0 Å². The molecular weight excluding hydrogens is 186 g/mol. The van der Waals surface area contributed by atoms with E-state index >= 15 is 0 Å². The fourth-order valence-electron chi connectivity index (χ4n) is 2.38. The fraction of sp³-hybridized carbons (Fsp3) is 0.750. The number of rotatable bonds is 4. The van der Waals surface area contributed by atoms with Crippen molar-refractivity contribution in [2.75, 3.05) is 6.54 Å². The topological polar surface area (TPSA) is 54.7 Å². The SMILES string of the molecule is NCCCc1cnc(C2CCCCC2)[nH]1. The highest BCUT2D eigenvalue weighted by Gasteiger charge is 2.17. The molecule has 1 aliphatic rings. The average molecular weight is 207 g/mol. The quantitative estimate of drug-likeness (QED) is 0.796. The van der Waals surface area contributed by atoms with Crippen molar-refractivity contribution in [3.05, 3.63) is 17.7 Å². The van der Waals surface area contributed by atoms with Crippen molar-refractivity contribution in [2.45, 2.75) is 50.9 Å².